The second-order valence-electron chi connectivity index (χ2n) is 4.96. The molecule has 3 rings (SSSR count). The van der Waals surface area contributed by atoms with E-state index < -0.39 is 0 Å². The van der Waals surface area contributed by atoms with Crippen LogP contribution >= 0.6 is 11.3 Å². The monoisotopic (exact) mass is 290 g/mol. The summed E-state index contributed by atoms with van der Waals surface area (Å²) in [4.78, 5) is 18.8. The average molecular weight is 290 g/mol. The highest BCUT2D eigenvalue weighted by molar-refractivity contribution is 7.18. The number of carbonyl (C=O) groups excluding carboxylic acids is 1. The number of thiazole rings is 1. The van der Waals surface area contributed by atoms with Crippen molar-refractivity contribution in [3.63, 3.8) is 0 Å². The van der Waals surface area contributed by atoms with E-state index in [4.69, 9.17) is 4.74 Å². The molecule has 20 heavy (non-hydrogen) atoms. The number of fused-ring (bicyclic) bond motifs is 1. The first-order chi connectivity index (χ1) is 9.78. The van der Waals surface area contributed by atoms with Crippen molar-refractivity contribution < 1.29 is 9.53 Å². The third kappa shape index (κ3) is 2.69. The lowest BCUT2D eigenvalue weighted by Gasteiger charge is -2.21. The van der Waals surface area contributed by atoms with Gasteiger partial charge in [-0.15, -0.1) is 11.3 Å². The molecule has 1 aromatic carbocycles. The van der Waals surface area contributed by atoms with Crippen LogP contribution in [0.15, 0.2) is 24.3 Å². The number of esters is 1. The summed E-state index contributed by atoms with van der Waals surface area (Å²) in [6.45, 7) is 3.98. The Hall–Kier alpha value is -1.46. The van der Waals surface area contributed by atoms with Crippen molar-refractivity contribution in [3.05, 3.63) is 29.3 Å². The van der Waals surface area contributed by atoms with Gasteiger partial charge in [-0.1, -0.05) is 12.1 Å². The van der Waals surface area contributed by atoms with E-state index in [9.17, 15) is 4.79 Å². The fourth-order valence-electron chi connectivity index (χ4n) is 2.68. The molecule has 1 unspecified atom stereocenters. The quantitative estimate of drug-likeness (QED) is 0.812. The number of benzene rings is 1. The molecule has 0 saturated carbocycles. The Morgan fingerprint density at radius 3 is 3.15 bits per heavy atom. The summed E-state index contributed by atoms with van der Waals surface area (Å²) in [7, 11) is 0. The summed E-state index contributed by atoms with van der Waals surface area (Å²) in [5, 5.41) is 1.07. The number of carbonyl (C=O) groups is 1. The van der Waals surface area contributed by atoms with E-state index in [1.54, 1.807) is 11.3 Å². The predicted octanol–water partition coefficient (Wildman–Crippen LogP) is 2.82. The molecule has 0 radical (unpaired) electrons. The molecule has 5 heteroatoms. The molecule has 0 N–H and O–H groups in total. The van der Waals surface area contributed by atoms with Crippen LogP contribution in [0.25, 0.3) is 10.2 Å². The molecular weight excluding hydrogens is 272 g/mol. The SMILES string of the molecule is CCOC(=O)C1CCCN1Cc1nc2ccccc2s1. The van der Waals surface area contributed by atoms with Gasteiger partial charge in [0.2, 0.25) is 0 Å². The Bertz CT molecular complexity index is 578. The Labute approximate surface area is 122 Å². The maximum absolute atomic E-state index is 11.9. The first-order valence-electron chi connectivity index (χ1n) is 7.03. The predicted molar refractivity (Wildman–Crippen MR) is 79.7 cm³/mol. The number of hydrogen-bond donors (Lipinski definition) is 0. The number of likely N-dealkylation sites (tertiary alicyclic amines) is 1. The van der Waals surface area contributed by atoms with Crippen molar-refractivity contribution in [1.82, 2.24) is 9.88 Å². The van der Waals surface area contributed by atoms with E-state index in [2.05, 4.69) is 16.0 Å². The Morgan fingerprint density at radius 2 is 2.35 bits per heavy atom. The van der Waals surface area contributed by atoms with Crippen LogP contribution in [0, 0.1) is 0 Å². The minimum absolute atomic E-state index is 0.0916. The fraction of sp³-hybridized carbons (Fsp3) is 0.467. The third-order valence-corrected chi connectivity index (χ3v) is 4.62. The van der Waals surface area contributed by atoms with Crippen molar-refractivity contribution in [2.24, 2.45) is 0 Å². The molecule has 2 aromatic rings. The average Bonchev–Trinajstić information content (AvgIpc) is 3.05. The van der Waals surface area contributed by atoms with Crippen molar-refractivity contribution in [1.29, 1.82) is 0 Å². The van der Waals surface area contributed by atoms with Gasteiger partial charge in [0, 0.05) is 0 Å². The highest BCUT2D eigenvalue weighted by atomic mass is 32.1. The van der Waals surface area contributed by atoms with Crippen LogP contribution in [0.1, 0.15) is 24.8 Å². The van der Waals surface area contributed by atoms with Gasteiger partial charge in [0.05, 0.1) is 23.4 Å². The second-order valence-corrected chi connectivity index (χ2v) is 6.07. The van der Waals surface area contributed by atoms with E-state index in [1.807, 2.05) is 25.1 Å². The van der Waals surface area contributed by atoms with Crippen LogP contribution < -0.4 is 0 Å². The molecule has 0 spiro atoms. The number of hydrogen-bond acceptors (Lipinski definition) is 5. The van der Waals surface area contributed by atoms with Crippen LogP contribution in [0.5, 0.6) is 0 Å². The van der Waals surface area contributed by atoms with Gasteiger partial charge >= 0.3 is 5.97 Å². The van der Waals surface area contributed by atoms with Crippen molar-refractivity contribution in [3.8, 4) is 0 Å². The number of ether oxygens (including phenoxy) is 1. The zero-order valence-corrected chi connectivity index (χ0v) is 12.4. The summed E-state index contributed by atoms with van der Waals surface area (Å²) in [5.74, 6) is -0.0916. The first kappa shape index (κ1) is 13.5. The zero-order chi connectivity index (χ0) is 13.9. The molecule has 1 saturated heterocycles. The van der Waals surface area contributed by atoms with Crippen LogP contribution in [0.3, 0.4) is 0 Å². The van der Waals surface area contributed by atoms with Gasteiger partial charge in [0.25, 0.3) is 0 Å². The third-order valence-electron chi connectivity index (χ3n) is 3.60. The van der Waals surface area contributed by atoms with Gasteiger partial charge in [-0.2, -0.15) is 0 Å². The number of para-hydroxylation sites is 1. The Balaban J connectivity index is 1.74. The smallest absolute Gasteiger partial charge is 0.323 e. The number of rotatable bonds is 4. The maximum atomic E-state index is 11.9. The largest absolute Gasteiger partial charge is 0.465 e. The standard InChI is InChI=1S/C15H18N2O2S/c1-2-19-15(18)12-7-5-9-17(12)10-14-16-11-6-3-4-8-13(11)20-14/h3-4,6,8,12H,2,5,7,9-10H2,1H3. The highest BCUT2D eigenvalue weighted by Gasteiger charge is 2.32. The normalized spacial score (nSPS) is 19.6. The molecule has 1 aliphatic heterocycles. The van der Waals surface area contributed by atoms with Crippen LogP contribution in [0.2, 0.25) is 0 Å². The van der Waals surface area contributed by atoms with Crippen LogP contribution in [0.4, 0.5) is 0 Å². The van der Waals surface area contributed by atoms with Gasteiger partial charge in [0.15, 0.2) is 0 Å². The zero-order valence-electron chi connectivity index (χ0n) is 11.5. The summed E-state index contributed by atoms with van der Waals surface area (Å²) in [6.07, 6.45) is 1.94. The minimum Gasteiger partial charge on any atom is -0.465 e. The lowest BCUT2D eigenvalue weighted by Crippen LogP contribution is -2.36. The molecule has 1 atom stereocenters. The number of nitrogens with zero attached hydrogens (tertiary/aromatic N) is 2. The fourth-order valence-corrected chi connectivity index (χ4v) is 3.68. The lowest BCUT2D eigenvalue weighted by atomic mass is 10.2. The molecule has 1 aromatic heterocycles. The molecule has 106 valence electrons. The van der Waals surface area contributed by atoms with Crippen LogP contribution in [-0.4, -0.2) is 35.0 Å². The van der Waals surface area contributed by atoms with Crippen LogP contribution in [-0.2, 0) is 16.1 Å². The van der Waals surface area contributed by atoms with E-state index >= 15 is 0 Å². The van der Waals surface area contributed by atoms with Gasteiger partial charge in [0.1, 0.15) is 11.0 Å². The van der Waals surface area contributed by atoms with E-state index in [-0.39, 0.29) is 12.0 Å². The molecule has 1 fully saturated rings. The summed E-state index contributed by atoms with van der Waals surface area (Å²) >= 11 is 1.71. The van der Waals surface area contributed by atoms with E-state index in [1.165, 1.54) is 4.70 Å². The summed E-state index contributed by atoms with van der Waals surface area (Å²) in [6, 6.07) is 8.05. The topological polar surface area (TPSA) is 42.4 Å². The van der Waals surface area contributed by atoms with Gasteiger partial charge < -0.3 is 4.74 Å². The molecule has 0 aliphatic carbocycles. The number of aromatic nitrogens is 1. The van der Waals surface area contributed by atoms with Gasteiger partial charge in [-0.25, -0.2) is 4.98 Å². The lowest BCUT2D eigenvalue weighted by molar-refractivity contribution is -0.148. The Kier molecular flexibility index (Phi) is 3.98. The molecule has 0 amide bonds. The first-order valence-corrected chi connectivity index (χ1v) is 7.84. The minimum atomic E-state index is -0.0954. The van der Waals surface area contributed by atoms with Crippen molar-refractivity contribution >= 4 is 27.5 Å². The summed E-state index contributed by atoms with van der Waals surface area (Å²) < 4.78 is 6.36. The molecule has 2 heterocycles. The highest BCUT2D eigenvalue weighted by Crippen LogP contribution is 2.26. The molecule has 4 nitrogen and oxygen atoms in total. The molecule has 0 bridgehead atoms. The van der Waals surface area contributed by atoms with Gasteiger partial charge in [-0.3, -0.25) is 9.69 Å². The van der Waals surface area contributed by atoms with Crippen molar-refractivity contribution in [2.75, 3.05) is 13.2 Å². The Morgan fingerprint density at radius 1 is 1.50 bits per heavy atom. The molecule has 1 aliphatic rings. The maximum Gasteiger partial charge on any atom is 0.323 e. The second kappa shape index (κ2) is 5.89. The van der Waals surface area contributed by atoms with Crippen molar-refractivity contribution in [2.45, 2.75) is 32.4 Å². The summed E-state index contributed by atoms with van der Waals surface area (Å²) in [5.41, 5.74) is 1.04. The van der Waals surface area contributed by atoms with E-state index in [0.29, 0.717) is 6.61 Å². The van der Waals surface area contributed by atoms with Gasteiger partial charge in [-0.05, 0) is 38.4 Å². The molecular formula is C15H18N2O2S. The van der Waals surface area contributed by atoms with E-state index in [0.717, 1.165) is 36.5 Å².